The van der Waals surface area contributed by atoms with Crippen molar-refractivity contribution in [3.8, 4) is 44.1 Å². The van der Waals surface area contributed by atoms with Gasteiger partial charge in [-0.25, -0.2) is 9.97 Å². The molecule has 0 aliphatic rings. The summed E-state index contributed by atoms with van der Waals surface area (Å²) in [6, 6.07) is 61.0. The van der Waals surface area contributed by atoms with Crippen molar-refractivity contribution in [3.05, 3.63) is 170 Å². The minimum absolute atomic E-state index is 1.01. The molecule has 0 amide bonds. The van der Waals surface area contributed by atoms with Crippen LogP contribution in [0.2, 0.25) is 0 Å². The highest BCUT2D eigenvalue weighted by atomic mass is 32.1. The molecule has 3 heteroatoms. The van der Waals surface area contributed by atoms with E-state index < -0.39 is 0 Å². The average Bonchev–Trinajstić information content (AvgIpc) is 3.61. The monoisotopic (exact) mass is 640 g/mol. The summed E-state index contributed by atoms with van der Waals surface area (Å²) in [6.45, 7) is 0. The lowest BCUT2D eigenvalue weighted by Gasteiger charge is -2.16. The van der Waals surface area contributed by atoms with Crippen LogP contribution in [0, 0.1) is 0 Å². The van der Waals surface area contributed by atoms with Crippen LogP contribution < -0.4 is 0 Å². The molecule has 2 nitrogen and oxygen atoms in total. The Balaban J connectivity index is 1.14. The van der Waals surface area contributed by atoms with Gasteiger partial charge in [-0.1, -0.05) is 140 Å². The zero-order valence-corrected chi connectivity index (χ0v) is 27.3. The van der Waals surface area contributed by atoms with E-state index >= 15 is 0 Å². The predicted molar refractivity (Wildman–Crippen MR) is 209 cm³/mol. The van der Waals surface area contributed by atoms with Gasteiger partial charge < -0.3 is 0 Å². The van der Waals surface area contributed by atoms with Crippen LogP contribution in [0.1, 0.15) is 0 Å². The number of hydrogen-bond donors (Lipinski definition) is 0. The topological polar surface area (TPSA) is 25.8 Å². The van der Waals surface area contributed by atoms with E-state index in [0.29, 0.717) is 0 Å². The van der Waals surface area contributed by atoms with Crippen molar-refractivity contribution in [2.45, 2.75) is 0 Å². The number of hydrogen-bond acceptors (Lipinski definition) is 3. The van der Waals surface area contributed by atoms with Crippen LogP contribution in [0.3, 0.4) is 0 Å². The largest absolute Gasteiger partial charge is 0.247 e. The van der Waals surface area contributed by atoms with E-state index in [4.69, 9.17) is 9.97 Å². The molecule has 0 unspecified atom stereocenters. The molecule has 0 N–H and O–H groups in total. The van der Waals surface area contributed by atoms with E-state index in [0.717, 1.165) is 38.2 Å². The number of pyridine rings is 1. The lowest BCUT2D eigenvalue weighted by Crippen LogP contribution is -1.93. The smallest absolute Gasteiger partial charge is 0.124 e. The van der Waals surface area contributed by atoms with Gasteiger partial charge in [0.15, 0.2) is 0 Å². The van der Waals surface area contributed by atoms with Crippen molar-refractivity contribution >= 4 is 64.8 Å². The normalized spacial score (nSPS) is 11.7. The molecular weight excluding hydrogens is 613 g/mol. The molecule has 8 aromatic carbocycles. The van der Waals surface area contributed by atoms with Crippen molar-refractivity contribution in [1.29, 1.82) is 0 Å². The molecule has 49 heavy (non-hydrogen) atoms. The summed E-state index contributed by atoms with van der Waals surface area (Å²) in [5.41, 5.74) is 10.1. The summed E-state index contributed by atoms with van der Waals surface area (Å²) in [5.74, 6) is 0. The van der Waals surface area contributed by atoms with Gasteiger partial charge in [0.25, 0.3) is 0 Å². The molecular formula is C46H28N2S. The maximum absolute atomic E-state index is 5.32. The summed E-state index contributed by atoms with van der Waals surface area (Å²) in [5, 5.41) is 9.56. The number of fused-ring (bicyclic) bond motifs is 7. The van der Waals surface area contributed by atoms with Crippen LogP contribution in [0.4, 0.5) is 0 Å². The lowest BCUT2D eigenvalue weighted by atomic mass is 9.89. The Morgan fingerprint density at radius 1 is 0.367 bits per heavy atom. The van der Waals surface area contributed by atoms with Gasteiger partial charge in [-0.2, -0.15) is 0 Å². The van der Waals surface area contributed by atoms with Crippen LogP contribution in [-0.4, -0.2) is 9.97 Å². The van der Waals surface area contributed by atoms with Gasteiger partial charge in [0.2, 0.25) is 0 Å². The fraction of sp³-hybridized carbons (Fsp3) is 0. The number of benzene rings is 8. The molecule has 2 heterocycles. The third-order valence-electron chi connectivity index (χ3n) is 9.67. The van der Waals surface area contributed by atoms with E-state index in [9.17, 15) is 0 Å². The van der Waals surface area contributed by atoms with E-state index in [-0.39, 0.29) is 0 Å². The van der Waals surface area contributed by atoms with Gasteiger partial charge in [0.05, 0.1) is 21.4 Å². The quantitative estimate of drug-likeness (QED) is 0.179. The molecule has 0 aliphatic carbocycles. The summed E-state index contributed by atoms with van der Waals surface area (Å²) in [4.78, 5) is 10.3. The van der Waals surface area contributed by atoms with Crippen LogP contribution in [-0.2, 0) is 0 Å². The zero-order valence-electron chi connectivity index (χ0n) is 26.5. The molecule has 0 spiro atoms. The Morgan fingerprint density at radius 3 is 1.90 bits per heavy atom. The van der Waals surface area contributed by atoms with Crippen molar-refractivity contribution in [2.75, 3.05) is 0 Å². The van der Waals surface area contributed by atoms with Gasteiger partial charge >= 0.3 is 0 Å². The van der Waals surface area contributed by atoms with E-state index in [1.54, 1.807) is 11.3 Å². The Labute approximate surface area is 287 Å². The van der Waals surface area contributed by atoms with Crippen molar-refractivity contribution in [1.82, 2.24) is 9.97 Å². The molecule has 0 atom stereocenters. The molecule has 0 fully saturated rings. The number of aromatic nitrogens is 2. The maximum atomic E-state index is 5.32. The van der Waals surface area contributed by atoms with Crippen LogP contribution in [0.15, 0.2) is 170 Å². The average molecular weight is 641 g/mol. The summed E-state index contributed by atoms with van der Waals surface area (Å²) < 4.78 is 1.20. The third kappa shape index (κ3) is 4.70. The first-order valence-corrected chi connectivity index (χ1v) is 17.4. The predicted octanol–water partition coefficient (Wildman–Crippen LogP) is 13.0. The van der Waals surface area contributed by atoms with Crippen LogP contribution in [0.25, 0.3) is 97.5 Å². The standard InChI is InChI=1S/C46H28N2S/c1-2-11-32(12-3-1)46-48-42-27-34(24-25-43(42)49-46)30-18-21-31(22-19-30)39-28-40-44(37-15-7-6-14-36(37)39)38-16-8-9-17-41(38)47-45(40)35-23-20-29-10-4-5-13-33(29)26-35/h1-28H. The molecule has 2 aromatic heterocycles. The zero-order chi connectivity index (χ0) is 32.3. The maximum Gasteiger partial charge on any atom is 0.124 e. The minimum Gasteiger partial charge on any atom is -0.247 e. The second kappa shape index (κ2) is 11.2. The summed E-state index contributed by atoms with van der Waals surface area (Å²) in [6.07, 6.45) is 0. The molecule has 0 saturated heterocycles. The number of thiazole rings is 1. The highest BCUT2D eigenvalue weighted by Gasteiger charge is 2.17. The molecule has 0 aliphatic heterocycles. The molecule has 10 aromatic rings. The van der Waals surface area contributed by atoms with Gasteiger partial charge in [-0.15, -0.1) is 11.3 Å². The molecule has 0 radical (unpaired) electrons. The van der Waals surface area contributed by atoms with Crippen LogP contribution in [0.5, 0.6) is 0 Å². The van der Waals surface area contributed by atoms with Crippen molar-refractivity contribution in [3.63, 3.8) is 0 Å². The van der Waals surface area contributed by atoms with E-state index in [1.807, 2.05) is 6.07 Å². The summed E-state index contributed by atoms with van der Waals surface area (Å²) >= 11 is 1.74. The highest BCUT2D eigenvalue weighted by Crippen LogP contribution is 2.42. The fourth-order valence-corrected chi connectivity index (χ4v) is 8.22. The van der Waals surface area contributed by atoms with Crippen molar-refractivity contribution in [2.24, 2.45) is 0 Å². The van der Waals surface area contributed by atoms with Gasteiger partial charge in [-0.05, 0) is 74.1 Å². The first-order valence-electron chi connectivity index (χ1n) is 16.6. The van der Waals surface area contributed by atoms with E-state index in [1.165, 1.54) is 59.3 Å². The highest BCUT2D eigenvalue weighted by molar-refractivity contribution is 7.21. The molecule has 0 bridgehead atoms. The number of para-hydroxylation sites is 1. The second-order valence-corrected chi connectivity index (χ2v) is 13.6. The Morgan fingerprint density at radius 2 is 1.04 bits per heavy atom. The Kier molecular flexibility index (Phi) is 6.39. The van der Waals surface area contributed by atoms with Gasteiger partial charge in [0.1, 0.15) is 5.01 Å². The molecule has 228 valence electrons. The Hall–Kier alpha value is -6.16. The number of nitrogens with zero attached hydrogens (tertiary/aromatic N) is 2. The lowest BCUT2D eigenvalue weighted by molar-refractivity contribution is 1.43. The minimum atomic E-state index is 1.01. The van der Waals surface area contributed by atoms with E-state index in [2.05, 4.69) is 164 Å². The molecule has 10 rings (SSSR count). The second-order valence-electron chi connectivity index (χ2n) is 12.6. The SMILES string of the molecule is c1ccc(-c2nc3cc(-c4ccc(-c5cc6c(-c7ccc8ccccc8c7)nc7ccccc7c6c6ccccc56)cc4)ccc3s2)cc1. The third-order valence-corrected chi connectivity index (χ3v) is 10.8. The van der Waals surface area contributed by atoms with Crippen molar-refractivity contribution < 1.29 is 0 Å². The number of rotatable bonds is 4. The Bertz CT molecular complexity index is 2870. The molecule has 0 saturated carbocycles. The van der Waals surface area contributed by atoms with Gasteiger partial charge in [-0.3, -0.25) is 0 Å². The summed E-state index contributed by atoms with van der Waals surface area (Å²) in [7, 11) is 0. The first kappa shape index (κ1) is 27.9. The van der Waals surface area contributed by atoms with Crippen LogP contribution >= 0.6 is 11.3 Å². The van der Waals surface area contributed by atoms with Gasteiger partial charge in [0, 0.05) is 27.3 Å². The fourth-order valence-electron chi connectivity index (χ4n) is 7.26. The first-order chi connectivity index (χ1) is 24.3.